The molecule has 27 heavy (non-hydrogen) atoms. The number of pyridine rings is 1. The monoisotopic (exact) mass is 369 g/mol. The number of rotatable bonds is 4. The zero-order valence-electron chi connectivity index (χ0n) is 16.7. The van der Waals surface area contributed by atoms with Crippen LogP contribution in [0.2, 0.25) is 0 Å². The first-order chi connectivity index (χ1) is 12.9. The Morgan fingerprint density at radius 1 is 1.11 bits per heavy atom. The van der Waals surface area contributed by atoms with Crippen molar-refractivity contribution in [2.75, 3.05) is 6.61 Å². The minimum Gasteiger partial charge on any atom is -0.399 e. The molecule has 6 heteroatoms. The molecule has 3 heterocycles. The van der Waals surface area contributed by atoms with Crippen LogP contribution in [0.5, 0.6) is 0 Å². The molecule has 0 spiro atoms. The van der Waals surface area contributed by atoms with Crippen molar-refractivity contribution in [3.8, 4) is 0 Å². The average Bonchev–Trinajstić information content (AvgIpc) is 2.87. The summed E-state index contributed by atoms with van der Waals surface area (Å²) in [6.07, 6.45) is 4.94. The fourth-order valence-corrected chi connectivity index (χ4v) is 3.57. The average molecular weight is 369 g/mol. The Bertz CT molecular complexity index is 801. The van der Waals surface area contributed by atoms with Gasteiger partial charge >= 0.3 is 7.12 Å². The molecule has 0 N–H and O–H groups in total. The number of benzene rings is 1. The van der Waals surface area contributed by atoms with Gasteiger partial charge in [0.25, 0.3) is 0 Å². The second kappa shape index (κ2) is 7.17. The molecular formula is C21H28BNO4. The fourth-order valence-electron chi connectivity index (χ4n) is 3.57. The van der Waals surface area contributed by atoms with Crippen LogP contribution in [0, 0.1) is 0 Å². The lowest BCUT2D eigenvalue weighted by Gasteiger charge is -2.32. The molecule has 1 aromatic heterocycles. The Hall–Kier alpha value is -1.47. The maximum atomic E-state index is 6.25. The Morgan fingerprint density at radius 3 is 2.59 bits per heavy atom. The Morgan fingerprint density at radius 2 is 1.89 bits per heavy atom. The topological polar surface area (TPSA) is 49.8 Å². The van der Waals surface area contributed by atoms with E-state index in [1.54, 1.807) is 0 Å². The van der Waals surface area contributed by atoms with Crippen LogP contribution in [0.1, 0.15) is 52.5 Å². The van der Waals surface area contributed by atoms with Crippen LogP contribution in [0.4, 0.5) is 0 Å². The van der Waals surface area contributed by atoms with E-state index in [1.165, 1.54) is 0 Å². The highest BCUT2D eigenvalue weighted by Gasteiger charge is 2.52. The highest BCUT2D eigenvalue weighted by Crippen LogP contribution is 2.37. The summed E-state index contributed by atoms with van der Waals surface area (Å²) < 4.78 is 24.2. The lowest BCUT2D eigenvalue weighted by atomic mass is 9.76. The molecule has 2 saturated heterocycles. The van der Waals surface area contributed by atoms with Crippen LogP contribution in [-0.4, -0.2) is 36.2 Å². The van der Waals surface area contributed by atoms with E-state index in [-0.39, 0.29) is 17.5 Å². The summed E-state index contributed by atoms with van der Waals surface area (Å²) in [5.74, 6) is 0. The van der Waals surface area contributed by atoms with Gasteiger partial charge in [-0.1, -0.05) is 18.2 Å². The number of hydrogen-bond donors (Lipinski definition) is 0. The number of fused-ring (bicyclic) bond motifs is 1. The van der Waals surface area contributed by atoms with E-state index in [9.17, 15) is 0 Å². The highest BCUT2D eigenvalue weighted by atomic mass is 16.7. The molecule has 2 aromatic rings. The van der Waals surface area contributed by atoms with Gasteiger partial charge in [0, 0.05) is 23.8 Å². The number of aromatic nitrogens is 1. The quantitative estimate of drug-likeness (QED) is 0.771. The third kappa shape index (κ3) is 3.64. The molecule has 2 aliphatic heterocycles. The Labute approximate surface area is 161 Å². The van der Waals surface area contributed by atoms with Gasteiger partial charge in [0.2, 0.25) is 0 Å². The zero-order valence-corrected chi connectivity index (χ0v) is 16.7. The summed E-state index contributed by atoms with van der Waals surface area (Å²) in [6, 6.07) is 8.17. The van der Waals surface area contributed by atoms with Crippen LogP contribution >= 0.6 is 0 Å². The molecule has 1 aromatic carbocycles. The molecule has 144 valence electrons. The molecule has 5 nitrogen and oxygen atoms in total. The SMILES string of the molecule is CC1(C)OB(c2ccc(COC3CCCCO3)c3ncccc23)OC1(C)C. The van der Waals surface area contributed by atoms with Crippen molar-refractivity contribution in [3.63, 3.8) is 0 Å². The lowest BCUT2D eigenvalue weighted by Crippen LogP contribution is -2.41. The molecule has 0 amide bonds. The second-order valence-electron chi connectivity index (χ2n) is 8.41. The van der Waals surface area contributed by atoms with E-state index in [2.05, 4.69) is 50.9 Å². The number of hydrogen-bond acceptors (Lipinski definition) is 5. The van der Waals surface area contributed by atoms with Crippen LogP contribution in [-0.2, 0) is 25.4 Å². The molecule has 0 saturated carbocycles. The normalized spacial score (nSPS) is 24.4. The lowest BCUT2D eigenvalue weighted by molar-refractivity contribution is -0.168. The molecule has 0 radical (unpaired) electrons. The first kappa shape index (κ1) is 18.9. The van der Waals surface area contributed by atoms with Gasteiger partial charge < -0.3 is 18.8 Å². The summed E-state index contributed by atoms with van der Waals surface area (Å²) in [7, 11) is -0.404. The fraction of sp³-hybridized carbons (Fsp3) is 0.571. The Kier molecular flexibility index (Phi) is 5.01. The minimum atomic E-state index is -0.404. The standard InChI is InChI=1S/C21H28BNO4/c1-20(2)21(3,4)27-22(26-20)17-11-10-15(19-16(17)8-7-12-23-19)14-25-18-9-5-6-13-24-18/h7-8,10-12,18H,5-6,9,13-14H2,1-4H3. The molecule has 0 aliphatic carbocycles. The van der Waals surface area contributed by atoms with Gasteiger partial charge in [0.1, 0.15) is 0 Å². The molecular weight excluding hydrogens is 341 g/mol. The highest BCUT2D eigenvalue weighted by molar-refractivity contribution is 6.65. The first-order valence-electron chi connectivity index (χ1n) is 9.83. The molecule has 2 fully saturated rings. The van der Waals surface area contributed by atoms with Crippen molar-refractivity contribution in [1.29, 1.82) is 0 Å². The van der Waals surface area contributed by atoms with Crippen molar-refractivity contribution in [1.82, 2.24) is 4.98 Å². The van der Waals surface area contributed by atoms with Crippen LogP contribution in [0.25, 0.3) is 10.9 Å². The van der Waals surface area contributed by atoms with E-state index < -0.39 is 7.12 Å². The zero-order chi connectivity index (χ0) is 19.1. The van der Waals surface area contributed by atoms with E-state index in [4.69, 9.17) is 18.8 Å². The third-order valence-electron chi connectivity index (χ3n) is 5.96. The van der Waals surface area contributed by atoms with Gasteiger partial charge in [0.05, 0.1) is 23.3 Å². The second-order valence-corrected chi connectivity index (χ2v) is 8.41. The molecule has 0 bridgehead atoms. The first-order valence-corrected chi connectivity index (χ1v) is 9.83. The summed E-state index contributed by atoms with van der Waals surface area (Å²) in [6.45, 7) is 9.55. The van der Waals surface area contributed by atoms with E-state index in [0.29, 0.717) is 6.61 Å². The predicted octanol–water partition coefficient (Wildman–Crippen LogP) is 3.58. The maximum absolute atomic E-state index is 6.25. The van der Waals surface area contributed by atoms with Crippen LogP contribution < -0.4 is 5.46 Å². The molecule has 2 aliphatic rings. The van der Waals surface area contributed by atoms with Crippen molar-refractivity contribution in [2.45, 2.75) is 71.1 Å². The van der Waals surface area contributed by atoms with Gasteiger partial charge in [-0.2, -0.15) is 0 Å². The van der Waals surface area contributed by atoms with Gasteiger partial charge in [-0.15, -0.1) is 0 Å². The van der Waals surface area contributed by atoms with Gasteiger partial charge in [0.15, 0.2) is 6.29 Å². The molecule has 1 unspecified atom stereocenters. The summed E-state index contributed by atoms with van der Waals surface area (Å²) in [5.41, 5.74) is 2.26. The number of nitrogens with zero attached hydrogens (tertiary/aromatic N) is 1. The Balaban J connectivity index is 1.61. The van der Waals surface area contributed by atoms with Crippen LogP contribution in [0.3, 0.4) is 0 Å². The van der Waals surface area contributed by atoms with Crippen molar-refractivity contribution in [3.05, 3.63) is 36.0 Å². The van der Waals surface area contributed by atoms with Gasteiger partial charge in [-0.25, -0.2) is 0 Å². The van der Waals surface area contributed by atoms with Gasteiger partial charge in [-0.05, 0) is 58.5 Å². The molecule has 1 atom stereocenters. The van der Waals surface area contributed by atoms with Crippen LogP contribution in [0.15, 0.2) is 30.5 Å². The van der Waals surface area contributed by atoms with Crippen molar-refractivity contribution < 1.29 is 18.8 Å². The summed E-state index contributed by atoms with van der Waals surface area (Å²) >= 11 is 0. The molecule has 4 rings (SSSR count). The smallest absolute Gasteiger partial charge is 0.399 e. The van der Waals surface area contributed by atoms with E-state index in [0.717, 1.165) is 47.8 Å². The maximum Gasteiger partial charge on any atom is 0.495 e. The minimum absolute atomic E-state index is 0.111. The third-order valence-corrected chi connectivity index (χ3v) is 5.96. The van der Waals surface area contributed by atoms with Crippen molar-refractivity contribution >= 4 is 23.5 Å². The van der Waals surface area contributed by atoms with Gasteiger partial charge in [-0.3, -0.25) is 4.98 Å². The summed E-state index contributed by atoms with van der Waals surface area (Å²) in [4.78, 5) is 4.62. The van der Waals surface area contributed by atoms with E-state index >= 15 is 0 Å². The summed E-state index contributed by atoms with van der Waals surface area (Å²) in [5, 5.41) is 1.04. The predicted molar refractivity (Wildman–Crippen MR) is 106 cm³/mol. The van der Waals surface area contributed by atoms with Crippen molar-refractivity contribution in [2.24, 2.45) is 0 Å². The van der Waals surface area contributed by atoms with E-state index in [1.807, 2.05) is 12.3 Å². The largest absolute Gasteiger partial charge is 0.495 e. The number of ether oxygens (including phenoxy) is 2.